The number of carbonyl (C=O) groups excluding carboxylic acids is 1. The summed E-state index contributed by atoms with van der Waals surface area (Å²) >= 11 is 1.64. The highest BCUT2D eigenvalue weighted by molar-refractivity contribution is 7.15. The Kier molecular flexibility index (Phi) is 7.62. The number of thiazole rings is 1. The van der Waals surface area contributed by atoms with E-state index in [1.54, 1.807) is 18.4 Å². The topological polar surface area (TPSA) is 104 Å². The number of carbonyl (C=O) groups is 1. The standard InChI is InChI=1S/C26H37N3O4S/c1-25-10-9-21(31)26(2,16-30)20(25)14-19-23(18(25)13-22(32)27-11-12-33-3)29-24(34-19)28-15-17-7-5-4-6-8-17/h4-8,18,20-21,30-31H,9-16H2,1-3H3,(H,27,32)(H,28,29)/t18-,20+,21-,25+,26+/m1/s1. The third-order valence-electron chi connectivity index (χ3n) is 8.20. The minimum absolute atomic E-state index is 0.0153. The molecule has 34 heavy (non-hydrogen) atoms. The van der Waals surface area contributed by atoms with Crippen molar-refractivity contribution in [2.24, 2.45) is 16.7 Å². The van der Waals surface area contributed by atoms with Crippen LogP contribution in [0.3, 0.4) is 0 Å². The van der Waals surface area contributed by atoms with Gasteiger partial charge in [-0.05, 0) is 36.2 Å². The zero-order chi connectivity index (χ0) is 24.3. The van der Waals surface area contributed by atoms with E-state index in [0.717, 1.165) is 28.5 Å². The van der Waals surface area contributed by atoms with Gasteiger partial charge in [0, 0.05) is 42.8 Å². The van der Waals surface area contributed by atoms with Crippen molar-refractivity contribution in [2.45, 2.75) is 58.1 Å². The first kappa shape index (κ1) is 25.1. The molecular formula is C26H37N3O4S. The summed E-state index contributed by atoms with van der Waals surface area (Å²) in [4.78, 5) is 19.1. The number of methoxy groups -OCH3 is 1. The van der Waals surface area contributed by atoms with E-state index < -0.39 is 11.5 Å². The van der Waals surface area contributed by atoms with Crippen molar-refractivity contribution in [3.8, 4) is 0 Å². The number of benzene rings is 1. The summed E-state index contributed by atoms with van der Waals surface area (Å²) in [6.45, 7) is 5.78. The quantitative estimate of drug-likeness (QED) is 0.405. The highest BCUT2D eigenvalue weighted by atomic mass is 32.1. The van der Waals surface area contributed by atoms with E-state index in [9.17, 15) is 15.0 Å². The number of rotatable bonds is 9. The lowest BCUT2D eigenvalue weighted by Gasteiger charge is -2.58. The zero-order valence-electron chi connectivity index (χ0n) is 20.3. The van der Waals surface area contributed by atoms with Crippen LogP contribution in [0.2, 0.25) is 0 Å². The number of aliphatic hydroxyl groups excluding tert-OH is 2. The summed E-state index contributed by atoms with van der Waals surface area (Å²) < 4.78 is 5.08. The van der Waals surface area contributed by atoms with Gasteiger partial charge in [-0.25, -0.2) is 4.98 Å². The molecule has 1 amide bonds. The molecule has 0 aliphatic heterocycles. The molecule has 0 saturated heterocycles. The first-order chi connectivity index (χ1) is 16.3. The first-order valence-corrected chi connectivity index (χ1v) is 13.0. The molecule has 0 radical (unpaired) electrons. The van der Waals surface area contributed by atoms with Crippen LogP contribution in [-0.2, 0) is 22.5 Å². The summed E-state index contributed by atoms with van der Waals surface area (Å²) in [7, 11) is 1.62. The summed E-state index contributed by atoms with van der Waals surface area (Å²) in [5, 5.41) is 28.5. The number of aliphatic hydroxyl groups is 2. The number of hydrogen-bond acceptors (Lipinski definition) is 7. The summed E-state index contributed by atoms with van der Waals surface area (Å²) in [6, 6.07) is 10.2. The number of nitrogens with one attached hydrogen (secondary N) is 2. The number of fused-ring (bicyclic) bond motifs is 2. The summed E-state index contributed by atoms with van der Waals surface area (Å²) in [5.74, 6) is -0.0374. The molecule has 1 heterocycles. The fourth-order valence-electron chi connectivity index (χ4n) is 6.04. The molecule has 1 aromatic heterocycles. The molecule has 7 nitrogen and oxygen atoms in total. The second-order valence-electron chi connectivity index (χ2n) is 10.2. The van der Waals surface area contributed by atoms with Crippen molar-refractivity contribution in [1.29, 1.82) is 0 Å². The van der Waals surface area contributed by atoms with Crippen LogP contribution in [-0.4, -0.2) is 54.1 Å². The van der Waals surface area contributed by atoms with Crippen molar-refractivity contribution < 1.29 is 19.7 Å². The van der Waals surface area contributed by atoms with Gasteiger partial charge in [0.2, 0.25) is 5.91 Å². The third kappa shape index (κ3) is 4.73. The van der Waals surface area contributed by atoms with Gasteiger partial charge >= 0.3 is 0 Å². The largest absolute Gasteiger partial charge is 0.396 e. The predicted octanol–water partition coefficient (Wildman–Crippen LogP) is 3.32. The minimum Gasteiger partial charge on any atom is -0.396 e. The van der Waals surface area contributed by atoms with Gasteiger partial charge in [-0.15, -0.1) is 11.3 Å². The van der Waals surface area contributed by atoms with Crippen molar-refractivity contribution in [3.05, 3.63) is 46.5 Å². The first-order valence-electron chi connectivity index (χ1n) is 12.1. The maximum absolute atomic E-state index is 12.9. The average Bonchev–Trinajstić information content (AvgIpc) is 3.25. The lowest BCUT2D eigenvalue weighted by atomic mass is 9.47. The van der Waals surface area contributed by atoms with Crippen LogP contribution in [0.5, 0.6) is 0 Å². The lowest BCUT2D eigenvalue weighted by Crippen LogP contribution is -2.57. The highest BCUT2D eigenvalue weighted by Gasteiger charge is 2.59. The van der Waals surface area contributed by atoms with Crippen LogP contribution < -0.4 is 10.6 Å². The van der Waals surface area contributed by atoms with Crippen LogP contribution in [0.25, 0.3) is 0 Å². The normalized spacial score (nSPS) is 30.3. The zero-order valence-corrected chi connectivity index (χ0v) is 21.2. The Morgan fingerprint density at radius 1 is 1.29 bits per heavy atom. The van der Waals surface area contributed by atoms with E-state index in [4.69, 9.17) is 9.72 Å². The number of aromatic nitrogens is 1. The third-order valence-corrected chi connectivity index (χ3v) is 9.25. The summed E-state index contributed by atoms with van der Waals surface area (Å²) in [6.07, 6.45) is 1.95. The fraction of sp³-hybridized carbons (Fsp3) is 0.615. The molecular weight excluding hydrogens is 450 g/mol. The molecule has 1 fully saturated rings. The molecule has 186 valence electrons. The number of nitrogens with zero attached hydrogens (tertiary/aromatic N) is 1. The maximum Gasteiger partial charge on any atom is 0.220 e. The van der Waals surface area contributed by atoms with Crippen molar-refractivity contribution in [3.63, 3.8) is 0 Å². The molecule has 1 saturated carbocycles. The molecule has 0 spiro atoms. The number of ether oxygens (including phenoxy) is 1. The van der Waals surface area contributed by atoms with Crippen LogP contribution >= 0.6 is 11.3 Å². The van der Waals surface area contributed by atoms with E-state index in [-0.39, 0.29) is 29.8 Å². The number of anilines is 1. The SMILES string of the molecule is COCCNC(=O)C[C@@H]1c2nc(NCc3ccccc3)sc2C[C@@H]2[C@](C)(CO)[C@H](O)CC[C@]21C. The van der Waals surface area contributed by atoms with Crippen LogP contribution in [0.15, 0.2) is 30.3 Å². The smallest absolute Gasteiger partial charge is 0.220 e. The van der Waals surface area contributed by atoms with Crippen molar-refractivity contribution in [2.75, 3.05) is 32.2 Å². The number of hydrogen-bond donors (Lipinski definition) is 4. The van der Waals surface area contributed by atoms with Crippen LogP contribution in [0.4, 0.5) is 5.13 Å². The van der Waals surface area contributed by atoms with Gasteiger partial charge in [-0.2, -0.15) is 0 Å². The number of amides is 1. The summed E-state index contributed by atoms with van der Waals surface area (Å²) in [5.41, 5.74) is 1.32. The van der Waals surface area contributed by atoms with Crippen molar-refractivity contribution in [1.82, 2.24) is 10.3 Å². The molecule has 0 unspecified atom stereocenters. The van der Waals surface area contributed by atoms with Crippen LogP contribution in [0, 0.1) is 16.7 Å². The highest BCUT2D eigenvalue weighted by Crippen LogP contribution is 2.62. The Balaban J connectivity index is 1.64. The molecule has 2 aliphatic carbocycles. The van der Waals surface area contributed by atoms with E-state index in [2.05, 4.69) is 29.7 Å². The van der Waals surface area contributed by atoms with E-state index in [1.165, 1.54) is 5.56 Å². The molecule has 4 N–H and O–H groups in total. The fourth-order valence-corrected chi connectivity index (χ4v) is 7.11. The minimum atomic E-state index is -0.614. The molecule has 0 bridgehead atoms. The molecule has 4 rings (SSSR count). The monoisotopic (exact) mass is 487 g/mol. The van der Waals surface area contributed by atoms with E-state index in [1.807, 2.05) is 25.1 Å². The Labute approximate surface area is 206 Å². The van der Waals surface area contributed by atoms with E-state index in [0.29, 0.717) is 32.5 Å². The maximum atomic E-state index is 12.9. The molecule has 8 heteroatoms. The van der Waals surface area contributed by atoms with Gasteiger partial charge in [-0.1, -0.05) is 44.2 Å². The van der Waals surface area contributed by atoms with Gasteiger partial charge in [0.1, 0.15) is 0 Å². The Bertz CT molecular complexity index is 984. The van der Waals surface area contributed by atoms with Gasteiger partial charge in [0.15, 0.2) is 5.13 Å². The average molecular weight is 488 g/mol. The second kappa shape index (κ2) is 10.3. The predicted molar refractivity (Wildman–Crippen MR) is 134 cm³/mol. The van der Waals surface area contributed by atoms with Gasteiger partial charge in [0.05, 0.1) is 25.0 Å². The van der Waals surface area contributed by atoms with Gasteiger partial charge in [-0.3, -0.25) is 4.79 Å². The lowest BCUT2D eigenvalue weighted by molar-refractivity contribution is -0.144. The molecule has 5 atom stereocenters. The van der Waals surface area contributed by atoms with Gasteiger partial charge in [0.25, 0.3) is 0 Å². The molecule has 1 aromatic carbocycles. The van der Waals surface area contributed by atoms with Gasteiger partial charge < -0.3 is 25.6 Å². The Hall–Kier alpha value is -2.00. The second-order valence-corrected chi connectivity index (χ2v) is 11.3. The Morgan fingerprint density at radius 2 is 2.06 bits per heavy atom. The Morgan fingerprint density at radius 3 is 2.76 bits per heavy atom. The van der Waals surface area contributed by atoms with Crippen LogP contribution in [0.1, 0.15) is 55.2 Å². The van der Waals surface area contributed by atoms with E-state index >= 15 is 0 Å². The van der Waals surface area contributed by atoms with Crippen molar-refractivity contribution >= 4 is 22.4 Å². The molecule has 2 aliphatic rings. The molecule has 2 aromatic rings.